The minimum absolute atomic E-state index is 0.0355. The van der Waals surface area contributed by atoms with Crippen molar-refractivity contribution in [3.63, 3.8) is 0 Å². The SMILES string of the molecule is C/C=C1\NC(=O)c2cccc(n2)CNC(=O)C[C@@H](/C=C/CCSC(=O)CC)OC(=O)C(C(C)C)NC1=O. The molecule has 1 aromatic heterocycles. The lowest BCUT2D eigenvalue weighted by Gasteiger charge is -2.24. The number of allylic oxidation sites excluding steroid dienone is 2. The van der Waals surface area contributed by atoms with E-state index in [9.17, 15) is 24.0 Å². The number of ether oxygens (including phenoxy) is 1. The van der Waals surface area contributed by atoms with E-state index in [1.54, 1.807) is 52.0 Å². The first kappa shape index (κ1) is 29.8. The van der Waals surface area contributed by atoms with E-state index in [4.69, 9.17) is 4.74 Å². The molecule has 0 saturated carbocycles. The molecular weight excluding hydrogens is 496 g/mol. The minimum atomic E-state index is -1.02. The quantitative estimate of drug-likeness (QED) is 0.220. The molecule has 0 aliphatic carbocycles. The third-order valence-corrected chi connectivity index (χ3v) is 6.39. The van der Waals surface area contributed by atoms with Crippen LogP contribution < -0.4 is 16.0 Å². The van der Waals surface area contributed by atoms with E-state index in [1.165, 1.54) is 23.9 Å². The van der Waals surface area contributed by atoms with Crippen molar-refractivity contribution in [2.24, 2.45) is 5.92 Å². The second-order valence-corrected chi connectivity index (χ2v) is 9.77. The fourth-order valence-electron chi connectivity index (χ4n) is 3.27. The molecule has 2 bridgehead atoms. The van der Waals surface area contributed by atoms with Gasteiger partial charge in [-0.05, 0) is 37.5 Å². The van der Waals surface area contributed by atoms with Crippen LogP contribution in [0.5, 0.6) is 0 Å². The summed E-state index contributed by atoms with van der Waals surface area (Å²) >= 11 is 1.22. The first-order chi connectivity index (χ1) is 17.6. The number of hydrogen-bond donors (Lipinski definition) is 3. The van der Waals surface area contributed by atoms with Crippen molar-refractivity contribution in [2.45, 2.75) is 65.6 Å². The van der Waals surface area contributed by atoms with Gasteiger partial charge in [-0.1, -0.05) is 50.8 Å². The van der Waals surface area contributed by atoms with Crippen LogP contribution in [0.1, 0.15) is 63.1 Å². The largest absolute Gasteiger partial charge is 0.456 e. The molecule has 1 unspecified atom stereocenters. The highest BCUT2D eigenvalue weighted by Crippen LogP contribution is 2.13. The molecule has 1 aromatic rings. The van der Waals surface area contributed by atoms with Gasteiger partial charge in [-0.3, -0.25) is 19.2 Å². The molecule has 11 heteroatoms. The van der Waals surface area contributed by atoms with Crippen molar-refractivity contribution < 1.29 is 28.7 Å². The van der Waals surface area contributed by atoms with Crippen LogP contribution in [0.15, 0.2) is 42.1 Å². The van der Waals surface area contributed by atoms with Crippen LogP contribution in [0, 0.1) is 5.92 Å². The van der Waals surface area contributed by atoms with E-state index in [0.717, 1.165) is 0 Å². The van der Waals surface area contributed by atoms with Gasteiger partial charge in [0.25, 0.3) is 11.8 Å². The predicted octanol–water partition coefficient (Wildman–Crippen LogP) is 2.40. The molecule has 0 fully saturated rings. The summed E-state index contributed by atoms with van der Waals surface area (Å²) in [6.45, 7) is 6.93. The second-order valence-electron chi connectivity index (χ2n) is 8.61. The Morgan fingerprint density at radius 1 is 1.22 bits per heavy atom. The summed E-state index contributed by atoms with van der Waals surface area (Å²) in [4.78, 5) is 67.0. The molecule has 3 N–H and O–H groups in total. The molecule has 2 rings (SSSR count). The average Bonchev–Trinajstić information content (AvgIpc) is 2.87. The number of amides is 3. The molecule has 1 aliphatic heterocycles. The van der Waals surface area contributed by atoms with Crippen LogP contribution in [0.3, 0.4) is 0 Å². The summed E-state index contributed by atoms with van der Waals surface area (Å²) in [5, 5.41) is 7.96. The third-order valence-electron chi connectivity index (χ3n) is 5.34. The maximum absolute atomic E-state index is 13.1. The minimum Gasteiger partial charge on any atom is -0.456 e. The van der Waals surface area contributed by atoms with Gasteiger partial charge in [-0.15, -0.1) is 0 Å². The van der Waals surface area contributed by atoms with E-state index < -0.39 is 29.9 Å². The molecule has 200 valence electrons. The van der Waals surface area contributed by atoms with E-state index >= 15 is 0 Å². The number of aromatic nitrogens is 1. The zero-order valence-corrected chi connectivity index (χ0v) is 22.4. The molecule has 3 amide bonds. The summed E-state index contributed by atoms with van der Waals surface area (Å²) in [6, 6.07) is 3.76. The number of pyridine rings is 1. The molecule has 10 nitrogen and oxygen atoms in total. The molecule has 2 heterocycles. The van der Waals surface area contributed by atoms with Gasteiger partial charge in [0.2, 0.25) is 5.91 Å². The molecule has 37 heavy (non-hydrogen) atoms. The highest BCUT2D eigenvalue weighted by atomic mass is 32.2. The Kier molecular flexibility index (Phi) is 12.0. The number of fused-ring (bicyclic) bond motifs is 2. The number of hydrogen-bond acceptors (Lipinski definition) is 8. The summed E-state index contributed by atoms with van der Waals surface area (Å²) < 4.78 is 5.63. The Labute approximate surface area is 221 Å². The Bertz CT molecular complexity index is 1070. The van der Waals surface area contributed by atoms with Crippen molar-refractivity contribution >= 4 is 40.6 Å². The zero-order valence-electron chi connectivity index (χ0n) is 21.5. The molecule has 0 spiro atoms. The van der Waals surface area contributed by atoms with Crippen LogP contribution in [-0.4, -0.2) is 51.7 Å². The van der Waals surface area contributed by atoms with E-state index in [0.29, 0.717) is 24.3 Å². The second kappa shape index (κ2) is 14.9. The number of cyclic esters (lactones) is 1. The number of nitrogens with zero attached hydrogens (tertiary/aromatic N) is 1. The maximum Gasteiger partial charge on any atom is 0.329 e. The number of nitrogens with one attached hydrogen (secondary N) is 3. The number of thioether (sulfide) groups is 1. The summed E-state index contributed by atoms with van der Waals surface area (Å²) in [7, 11) is 0. The van der Waals surface area contributed by atoms with Crippen LogP contribution >= 0.6 is 11.8 Å². The van der Waals surface area contributed by atoms with Gasteiger partial charge in [0.05, 0.1) is 18.7 Å². The number of esters is 1. The number of carbonyl (C=O) groups excluding carboxylic acids is 5. The fourth-order valence-corrected chi connectivity index (χ4v) is 3.96. The van der Waals surface area contributed by atoms with E-state index in [2.05, 4.69) is 20.9 Å². The van der Waals surface area contributed by atoms with Crippen LogP contribution in [0.4, 0.5) is 0 Å². The Morgan fingerprint density at radius 3 is 2.65 bits per heavy atom. The monoisotopic (exact) mass is 530 g/mol. The molecule has 0 saturated heterocycles. The molecule has 2 atom stereocenters. The van der Waals surface area contributed by atoms with Crippen LogP contribution in [0.25, 0.3) is 0 Å². The molecule has 0 aromatic carbocycles. The van der Waals surface area contributed by atoms with Crippen molar-refractivity contribution in [3.05, 3.63) is 53.5 Å². The topological polar surface area (TPSA) is 144 Å². The van der Waals surface area contributed by atoms with Gasteiger partial charge in [0.1, 0.15) is 23.5 Å². The highest BCUT2D eigenvalue weighted by molar-refractivity contribution is 8.13. The molecule has 1 aliphatic rings. The first-order valence-corrected chi connectivity index (χ1v) is 13.2. The van der Waals surface area contributed by atoms with Gasteiger partial charge in [0, 0.05) is 12.2 Å². The fraction of sp³-hybridized carbons (Fsp3) is 0.462. The normalized spacial score (nSPS) is 20.9. The molecular formula is C26H34N4O6S. The van der Waals surface area contributed by atoms with Gasteiger partial charge in [0.15, 0.2) is 5.12 Å². The number of carbonyl (C=O) groups is 5. The molecule has 0 radical (unpaired) electrons. The van der Waals surface area contributed by atoms with Gasteiger partial charge < -0.3 is 20.7 Å². The lowest BCUT2D eigenvalue weighted by Crippen LogP contribution is -2.48. The summed E-state index contributed by atoms with van der Waals surface area (Å²) in [5.74, 6) is -2.11. The predicted molar refractivity (Wildman–Crippen MR) is 140 cm³/mol. The van der Waals surface area contributed by atoms with Crippen LogP contribution in [0.2, 0.25) is 0 Å². The Hall–Kier alpha value is -3.47. The first-order valence-electron chi connectivity index (χ1n) is 12.2. The summed E-state index contributed by atoms with van der Waals surface area (Å²) in [5.41, 5.74) is 0.485. The average molecular weight is 531 g/mol. The zero-order chi connectivity index (χ0) is 27.4. The van der Waals surface area contributed by atoms with E-state index in [1.807, 2.05) is 0 Å². The van der Waals surface area contributed by atoms with Crippen molar-refractivity contribution in [2.75, 3.05) is 5.75 Å². The number of rotatable bonds is 6. The lowest BCUT2D eigenvalue weighted by molar-refractivity contribution is -0.153. The van der Waals surface area contributed by atoms with Crippen molar-refractivity contribution in [1.82, 2.24) is 20.9 Å². The van der Waals surface area contributed by atoms with Gasteiger partial charge >= 0.3 is 5.97 Å². The lowest BCUT2D eigenvalue weighted by atomic mass is 10.0. The van der Waals surface area contributed by atoms with Gasteiger partial charge in [-0.25, -0.2) is 9.78 Å². The highest BCUT2D eigenvalue weighted by Gasteiger charge is 2.30. The third kappa shape index (κ3) is 9.83. The van der Waals surface area contributed by atoms with Gasteiger partial charge in [-0.2, -0.15) is 0 Å². The Morgan fingerprint density at radius 2 is 1.97 bits per heavy atom. The van der Waals surface area contributed by atoms with Crippen molar-refractivity contribution in [1.29, 1.82) is 0 Å². The van der Waals surface area contributed by atoms with Crippen molar-refractivity contribution in [3.8, 4) is 0 Å². The smallest absolute Gasteiger partial charge is 0.329 e. The Balaban J connectivity index is 2.31. The van der Waals surface area contributed by atoms with E-state index in [-0.39, 0.29) is 41.3 Å². The summed E-state index contributed by atoms with van der Waals surface area (Å²) in [6.07, 6.45) is 4.78. The standard InChI is InChI=1S/C26H34N4O6S/c1-5-19-24(33)30-23(16(3)4)26(35)36-18(11-7-8-13-37-22(32)6-2)14-21(31)27-15-17-10-9-12-20(28-17)25(34)29-19/h5,7,9-12,16,18,23H,6,8,13-15H2,1-4H3,(H,27,31)(H,29,34)(H,30,33)/b11-7+,19-5-/t18-,23?/m1/s1. The maximum atomic E-state index is 13.1. The van der Waals surface area contributed by atoms with Crippen LogP contribution in [-0.2, 0) is 30.5 Å².